The lowest BCUT2D eigenvalue weighted by Crippen LogP contribution is -2.06. The van der Waals surface area contributed by atoms with Crippen LogP contribution in [0.15, 0.2) is 0 Å². The van der Waals surface area contributed by atoms with Crippen LogP contribution in [0.5, 0.6) is 0 Å². The molecule has 0 unspecified atom stereocenters. The average molecular weight is 111 g/mol. The average Bonchev–Trinajstić information content (AvgIpc) is 1.90. The molecule has 0 bridgehead atoms. The van der Waals surface area contributed by atoms with Gasteiger partial charge in [-0.15, -0.1) is 0 Å². The Morgan fingerprint density at radius 2 is 1.75 bits per heavy atom. The first-order chi connectivity index (χ1) is 3.93. The summed E-state index contributed by atoms with van der Waals surface area (Å²) in [5, 5.41) is 0. The maximum Gasteiger partial charge on any atom is 0.201 e. The largest absolute Gasteiger partial charge is 0.291 e. The molecule has 45 valence electrons. The normalized spacial score (nSPS) is 23.0. The van der Waals surface area contributed by atoms with Crippen LogP contribution >= 0.6 is 0 Å². The first-order valence-electron chi connectivity index (χ1n) is 3.31. The second kappa shape index (κ2) is 2.85. The fraction of sp³-hybridized carbons (Fsp3) is 0.857. The van der Waals surface area contributed by atoms with Crippen molar-refractivity contribution in [2.24, 2.45) is 5.92 Å². The second-order valence-corrected chi connectivity index (χ2v) is 2.45. The molecular formula is C7H11O. The van der Waals surface area contributed by atoms with Crippen molar-refractivity contribution in [3.63, 3.8) is 0 Å². The fourth-order valence-corrected chi connectivity index (χ4v) is 1.22. The zero-order valence-corrected chi connectivity index (χ0v) is 5.02. The van der Waals surface area contributed by atoms with E-state index in [0.29, 0.717) is 0 Å². The minimum atomic E-state index is 0.281. The van der Waals surface area contributed by atoms with E-state index < -0.39 is 0 Å². The van der Waals surface area contributed by atoms with Crippen LogP contribution in [0, 0.1) is 5.92 Å². The van der Waals surface area contributed by atoms with Crippen molar-refractivity contribution in [1.82, 2.24) is 0 Å². The minimum Gasteiger partial charge on any atom is -0.291 e. The van der Waals surface area contributed by atoms with Gasteiger partial charge < -0.3 is 0 Å². The molecule has 0 amide bonds. The van der Waals surface area contributed by atoms with Gasteiger partial charge in [0.1, 0.15) is 0 Å². The third kappa shape index (κ3) is 1.32. The van der Waals surface area contributed by atoms with E-state index in [4.69, 9.17) is 0 Å². The highest BCUT2D eigenvalue weighted by Gasteiger charge is 2.11. The van der Waals surface area contributed by atoms with Crippen molar-refractivity contribution >= 4 is 6.29 Å². The quantitative estimate of drug-likeness (QED) is 0.503. The summed E-state index contributed by atoms with van der Waals surface area (Å²) >= 11 is 0. The fourth-order valence-electron chi connectivity index (χ4n) is 1.22. The molecule has 1 saturated carbocycles. The predicted molar refractivity (Wildman–Crippen MR) is 32.3 cm³/mol. The van der Waals surface area contributed by atoms with E-state index in [-0.39, 0.29) is 5.92 Å². The number of rotatable bonds is 1. The van der Waals surface area contributed by atoms with E-state index >= 15 is 0 Å². The predicted octanol–water partition coefficient (Wildman–Crippen LogP) is 1.68. The highest BCUT2D eigenvalue weighted by atomic mass is 16.1. The molecule has 1 heteroatoms. The van der Waals surface area contributed by atoms with Gasteiger partial charge in [0.2, 0.25) is 6.29 Å². The topological polar surface area (TPSA) is 17.1 Å². The molecule has 0 N–H and O–H groups in total. The van der Waals surface area contributed by atoms with Crippen LogP contribution in [0.4, 0.5) is 0 Å². The van der Waals surface area contributed by atoms with Gasteiger partial charge in [-0.3, -0.25) is 4.79 Å². The Labute approximate surface area is 50.1 Å². The zero-order valence-electron chi connectivity index (χ0n) is 5.02. The highest BCUT2D eigenvalue weighted by molar-refractivity contribution is 5.54. The molecule has 0 spiro atoms. The molecule has 0 heterocycles. The molecule has 8 heavy (non-hydrogen) atoms. The maximum absolute atomic E-state index is 10.0. The van der Waals surface area contributed by atoms with Gasteiger partial charge >= 0.3 is 0 Å². The Kier molecular flexibility index (Phi) is 2.07. The molecule has 1 aliphatic rings. The van der Waals surface area contributed by atoms with Gasteiger partial charge in [-0.05, 0) is 12.8 Å². The molecule has 0 atom stereocenters. The summed E-state index contributed by atoms with van der Waals surface area (Å²) in [4.78, 5) is 10.0. The van der Waals surface area contributed by atoms with Crippen molar-refractivity contribution in [3.05, 3.63) is 0 Å². The zero-order chi connectivity index (χ0) is 5.82. The van der Waals surface area contributed by atoms with E-state index in [1.54, 1.807) is 0 Å². The van der Waals surface area contributed by atoms with Crippen molar-refractivity contribution in [2.75, 3.05) is 0 Å². The van der Waals surface area contributed by atoms with Gasteiger partial charge in [-0.25, -0.2) is 0 Å². The summed E-state index contributed by atoms with van der Waals surface area (Å²) < 4.78 is 0. The number of hydrogen-bond donors (Lipinski definition) is 0. The summed E-state index contributed by atoms with van der Waals surface area (Å²) in [6.07, 6.45) is 8.02. The molecule has 1 nitrogen and oxygen atoms in total. The standard InChI is InChI=1S/C7H11O/c8-6-7-4-2-1-3-5-7/h7H,1-5H2. The third-order valence-corrected chi connectivity index (χ3v) is 1.77. The van der Waals surface area contributed by atoms with Gasteiger partial charge in [-0.1, -0.05) is 19.3 Å². The second-order valence-electron chi connectivity index (χ2n) is 2.45. The summed E-state index contributed by atoms with van der Waals surface area (Å²) in [6.45, 7) is 0. The Bertz CT molecular complexity index is 72.5. The van der Waals surface area contributed by atoms with Gasteiger partial charge in [0, 0.05) is 5.92 Å². The minimum absolute atomic E-state index is 0.281. The summed E-state index contributed by atoms with van der Waals surface area (Å²) in [5.74, 6) is 0.281. The van der Waals surface area contributed by atoms with Crippen molar-refractivity contribution in [2.45, 2.75) is 32.1 Å². The Morgan fingerprint density at radius 1 is 1.12 bits per heavy atom. The molecule has 0 aliphatic heterocycles. The van der Waals surface area contributed by atoms with Gasteiger partial charge in [0.25, 0.3) is 0 Å². The van der Waals surface area contributed by atoms with Crippen molar-refractivity contribution in [3.8, 4) is 0 Å². The first-order valence-corrected chi connectivity index (χ1v) is 3.31. The van der Waals surface area contributed by atoms with Crippen LogP contribution < -0.4 is 0 Å². The monoisotopic (exact) mass is 111 g/mol. The SMILES string of the molecule is O=[C]C1CCCCC1. The maximum atomic E-state index is 10.0. The lowest BCUT2D eigenvalue weighted by Gasteiger charge is -2.13. The molecule has 0 saturated heterocycles. The van der Waals surface area contributed by atoms with Crippen molar-refractivity contribution < 1.29 is 4.79 Å². The molecule has 1 radical (unpaired) electrons. The van der Waals surface area contributed by atoms with Gasteiger partial charge in [-0.2, -0.15) is 0 Å². The smallest absolute Gasteiger partial charge is 0.201 e. The van der Waals surface area contributed by atoms with Gasteiger partial charge in [0.05, 0.1) is 0 Å². The lowest BCUT2D eigenvalue weighted by atomic mass is 9.91. The van der Waals surface area contributed by atoms with E-state index in [1.165, 1.54) is 19.3 Å². The Balaban J connectivity index is 2.22. The van der Waals surface area contributed by atoms with E-state index in [2.05, 4.69) is 6.29 Å². The highest BCUT2D eigenvalue weighted by Crippen LogP contribution is 2.21. The molecule has 1 aliphatic carbocycles. The van der Waals surface area contributed by atoms with Crippen LogP contribution in [0.2, 0.25) is 0 Å². The van der Waals surface area contributed by atoms with Crippen LogP contribution in [0.25, 0.3) is 0 Å². The molecular weight excluding hydrogens is 100 g/mol. The first kappa shape index (κ1) is 5.80. The number of carbonyl (C=O) groups excluding carboxylic acids is 1. The van der Waals surface area contributed by atoms with E-state index in [9.17, 15) is 4.79 Å². The summed E-state index contributed by atoms with van der Waals surface area (Å²) in [6, 6.07) is 0. The van der Waals surface area contributed by atoms with Crippen LogP contribution in [-0.2, 0) is 4.79 Å². The Hall–Kier alpha value is -0.330. The van der Waals surface area contributed by atoms with Crippen LogP contribution in [-0.4, -0.2) is 6.29 Å². The lowest BCUT2D eigenvalue weighted by molar-refractivity contribution is 0.414. The summed E-state index contributed by atoms with van der Waals surface area (Å²) in [7, 11) is 0. The molecule has 1 rings (SSSR count). The van der Waals surface area contributed by atoms with Crippen molar-refractivity contribution in [1.29, 1.82) is 0 Å². The summed E-state index contributed by atoms with van der Waals surface area (Å²) in [5.41, 5.74) is 0. The molecule has 0 aromatic carbocycles. The Morgan fingerprint density at radius 3 is 2.12 bits per heavy atom. The molecule has 1 fully saturated rings. The van der Waals surface area contributed by atoms with Crippen LogP contribution in [0.3, 0.4) is 0 Å². The van der Waals surface area contributed by atoms with E-state index in [0.717, 1.165) is 12.8 Å². The third-order valence-electron chi connectivity index (χ3n) is 1.77. The van der Waals surface area contributed by atoms with Crippen LogP contribution in [0.1, 0.15) is 32.1 Å². The molecule has 0 aromatic rings. The van der Waals surface area contributed by atoms with E-state index in [1.807, 2.05) is 0 Å². The van der Waals surface area contributed by atoms with Gasteiger partial charge in [0.15, 0.2) is 0 Å². The number of hydrogen-bond acceptors (Lipinski definition) is 1. The molecule has 0 aromatic heterocycles.